The second kappa shape index (κ2) is 4.59. The van der Waals surface area contributed by atoms with Crippen LogP contribution in [0, 0.1) is 5.41 Å². The summed E-state index contributed by atoms with van der Waals surface area (Å²) in [6.45, 7) is 2.31. The third-order valence-corrected chi connectivity index (χ3v) is 6.27. The van der Waals surface area contributed by atoms with E-state index < -0.39 is 0 Å². The average Bonchev–Trinajstić information content (AvgIpc) is 2.81. The van der Waals surface area contributed by atoms with Crippen molar-refractivity contribution >= 4 is 0 Å². The van der Waals surface area contributed by atoms with Crippen LogP contribution in [-0.2, 0) is 12.0 Å². The molecule has 0 spiro atoms. The molecule has 0 aliphatic heterocycles. The van der Waals surface area contributed by atoms with Crippen LogP contribution in [0.1, 0.15) is 50.2 Å². The maximum Gasteiger partial charge on any atom is 0.119 e. The molecule has 3 aliphatic rings. The SMILES string of the molecule is COc1ccc2c(c1)CCC1=C3C[C@@H](O)C[C@@]3(C)CC[C@@]12N. The molecule has 0 unspecified atom stereocenters. The standard InChI is InChI=1S/C19H25NO2/c1-18-7-8-19(20)15-6-4-14(22-2)9-12(15)3-5-16(19)17(18)10-13(21)11-18/h4,6,9,13,21H,3,5,7-8,10-11,20H2,1-2H3/t13-,18-,19+/m1/s1. The predicted octanol–water partition coefficient (Wildman–Crippen LogP) is 3.05. The highest BCUT2D eigenvalue weighted by Gasteiger charge is 2.50. The van der Waals surface area contributed by atoms with E-state index in [4.69, 9.17) is 10.5 Å². The Balaban J connectivity index is 1.86. The summed E-state index contributed by atoms with van der Waals surface area (Å²) in [5, 5.41) is 10.2. The second-order valence-corrected chi connectivity index (χ2v) is 7.57. The Morgan fingerprint density at radius 1 is 1.23 bits per heavy atom. The molecule has 1 saturated carbocycles. The van der Waals surface area contributed by atoms with Gasteiger partial charge in [-0.05, 0) is 72.8 Å². The van der Waals surface area contributed by atoms with Gasteiger partial charge in [-0.15, -0.1) is 0 Å². The number of nitrogens with two attached hydrogens (primary N) is 1. The Bertz CT molecular complexity index is 665. The van der Waals surface area contributed by atoms with Crippen molar-refractivity contribution in [2.45, 2.75) is 57.1 Å². The Labute approximate surface area is 132 Å². The second-order valence-electron chi connectivity index (χ2n) is 7.57. The first-order valence-corrected chi connectivity index (χ1v) is 8.34. The van der Waals surface area contributed by atoms with Crippen molar-refractivity contribution in [1.82, 2.24) is 0 Å². The molecule has 3 aliphatic carbocycles. The third kappa shape index (κ3) is 1.82. The fourth-order valence-corrected chi connectivity index (χ4v) is 5.10. The minimum atomic E-state index is -0.335. The van der Waals surface area contributed by atoms with Gasteiger partial charge in [0.1, 0.15) is 5.75 Å². The number of hydrogen-bond donors (Lipinski definition) is 2. The highest BCUT2D eigenvalue weighted by atomic mass is 16.5. The zero-order chi connectivity index (χ0) is 15.5. The summed E-state index contributed by atoms with van der Waals surface area (Å²) in [5.41, 5.74) is 12.2. The van der Waals surface area contributed by atoms with Crippen molar-refractivity contribution in [1.29, 1.82) is 0 Å². The number of ether oxygens (including phenoxy) is 1. The van der Waals surface area contributed by atoms with E-state index in [1.807, 2.05) is 6.07 Å². The topological polar surface area (TPSA) is 55.5 Å². The van der Waals surface area contributed by atoms with Gasteiger partial charge in [-0.1, -0.05) is 18.6 Å². The lowest BCUT2D eigenvalue weighted by Crippen LogP contribution is -2.47. The van der Waals surface area contributed by atoms with E-state index in [-0.39, 0.29) is 17.1 Å². The van der Waals surface area contributed by atoms with Gasteiger partial charge in [-0.2, -0.15) is 0 Å². The molecule has 1 aromatic rings. The molecule has 1 fully saturated rings. The molecule has 3 N–H and O–H groups in total. The molecule has 0 radical (unpaired) electrons. The Morgan fingerprint density at radius 2 is 2.05 bits per heavy atom. The van der Waals surface area contributed by atoms with Crippen LogP contribution in [0.25, 0.3) is 0 Å². The third-order valence-electron chi connectivity index (χ3n) is 6.27. The van der Waals surface area contributed by atoms with E-state index in [1.54, 1.807) is 7.11 Å². The molecule has 0 amide bonds. The minimum Gasteiger partial charge on any atom is -0.497 e. The molecular weight excluding hydrogens is 274 g/mol. The number of aliphatic hydroxyl groups excluding tert-OH is 1. The molecule has 22 heavy (non-hydrogen) atoms. The largest absolute Gasteiger partial charge is 0.497 e. The predicted molar refractivity (Wildman–Crippen MR) is 86.8 cm³/mol. The zero-order valence-corrected chi connectivity index (χ0v) is 13.5. The molecule has 3 atom stereocenters. The molecular formula is C19H25NO2. The first-order chi connectivity index (χ1) is 10.5. The minimum absolute atomic E-state index is 0.168. The number of aliphatic hydroxyl groups is 1. The normalized spacial score (nSPS) is 36.6. The van der Waals surface area contributed by atoms with E-state index >= 15 is 0 Å². The molecule has 0 saturated heterocycles. The van der Waals surface area contributed by atoms with E-state index in [0.29, 0.717) is 0 Å². The molecule has 1 aromatic carbocycles. The van der Waals surface area contributed by atoms with Gasteiger partial charge in [0.15, 0.2) is 0 Å². The summed E-state index contributed by atoms with van der Waals surface area (Å²) in [4.78, 5) is 0. The monoisotopic (exact) mass is 299 g/mol. The van der Waals surface area contributed by atoms with Crippen LogP contribution < -0.4 is 10.5 Å². The molecule has 0 aromatic heterocycles. The molecule has 3 nitrogen and oxygen atoms in total. The average molecular weight is 299 g/mol. The van der Waals surface area contributed by atoms with Crippen LogP contribution in [0.15, 0.2) is 29.3 Å². The molecule has 0 heterocycles. The van der Waals surface area contributed by atoms with Crippen LogP contribution in [-0.4, -0.2) is 18.3 Å². The van der Waals surface area contributed by atoms with Crippen molar-refractivity contribution in [3.05, 3.63) is 40.5 Å². The summed E-state index contributed by atoms with van der Waals surface area (Å²) in [5.74, 6) is 0.912. The van der Waals surface area contributed by atoms with Crippen molar-refractivity contribution in [3.8, 4) is 5.75 Å². The van der Waals surface area contributed by atoms with Gasteiger partial charge in [0.2, 0.25) is 0 Å². The number of aryl methyl sites for hydroxylation is 1. The number of methoxy groups -OCH3 is 1. The molecule has 3 heteroatoms. The Kier molecular flexibility index (Phi) is 2.98. The maximum absolute atomic E-state index is 10.2. The van der Waals surface area contributed by atoms with Crippen molar-refractivity contribution in [3.63, 3.8) is 0 Å². The lowest BCUT2D eigenvalue weighted by Gasteiger charge is -2.47. The van der Waals surface area contributed by atoms with Crippen LogP contribution in [0.5, 0.6) is 5.75 Å². The summed E-state index contributed by atoms with van der Waals surface area (Å²) >= 11 is 0. The van der Waals surface area contributed by atoms with E-state index in [1.165, 1.54) is 22.3 Å². The van der Waals surface area contributed by atoms with Gasteiger partial charge in [-0.25, -0.2) is 0 Å². The fourth-order valence-electron chi connectivity index (χ4n) is 5.10. The van der Waals surface area contributed by atoms with Crippen molar-refractivity contribution in [2.24, 2.45) is 11.1 Å². The summed E-state index contributed by atoms with van der Waals surface area (Å²) in [6.07, 6.45) is 5.63. The highest BCUT2D eigenvalue weighted by molar-refractivity contribution is 5.51. The fraction of sp³-hybridized carbons (Fsp3) is 0.579. The van der Waals surface area contributed by atoms with E-state index in [9.17, 15) is 5.11 Å². The first-order valence-electron chi connectivity index (χ1n) is 8.34. The van der Waals surface area contributed by atoms with E-state index in [0.717, 1.165) is 44.3 Å². The Hall–Kier alpha value is -1.32. The Morgan fingerprint density at radius 3 is 2.82 bits per heavy atom. The quantitative estimate of drug-likeness (QED) is 0.784. The van der Waals surface area contributed by atoms with Crippen molar-refractivity contribution < 1.29 is 9.84 Å². The molecule has 0 bridgehead atoms. The first kappa shape index (κ1) is 14.3. The van der Waals surface area contributed by atoms with Crippen LogP contribution in [0.3, 0.4) is 0 Å². The van der Waals surface area contributed by atoms with Gasteiger partial charge in [0, 0.05) is 0 Å². The van der Waals surface area contributed by atoms with Crippen molar-refractivity contribution in [2.75, 3.05) is 7.11 Å². The summed E-state index contributed by atoms with van der Waals surface area (Å²) in [7, 11) is 1.71. The van der Waals surface area contributed by atoms with Gasteiger partial charge in [0.05, 0.1) is 18.8 Å². The van der Waals surface area contributed by atoms with Gasteiger partial charge < -0.3 is 15.6 Å². The number of hydrogen-bond acceptors (Lipinski definition) is 3. The number of fused-ring (bicyclic) bond motifs is 4. The van der Waals surface area contributed by atoms with E-state index in [2.05, 4.69) is 19.1 Å². The zero-order valence-electron chi connectivity index (χ0n) is 13.5. The highest BCUT2D eigenvalue weighted by Crippen LogP contribution is 2.58. The maximum atomic E-state index is 10.2. The lowest BCUT2D eigenvalue weighted by atomic mass is 9.60. The van der Waals surface area contributed by atoms with Crippen LogP contribution in [0.4, 0.5) is 0 Å². The number of benzene rings is 1. The molecule has 4 rings (SSSR count). The van der Waals surface area contributed by atoms with Gasteiger partial charge in [0.25, 0.3) is 0 Å². The van der Waals surface area contributed by atoms with Crippen LogP contribution >= 0.6 is 0 Å². The lowest BCUT2D eigenvalue weighted by molar-refractivity contribution is 0.156. The smallest absolute Gasteiger partial charge is 0.119 e. The van der Waals surface area contributed by atoms with Gasteiger partial charge in [-0.3, -0.25) is 0 Å². The summed E-state index contributed by atoms with van der Waals surface area (Å²) in [6, 6.07) is 6.32. The molecule has 118 valence electrons. The van der Waals surface area contributed by atoms with Gasteiger partial charge >= 0.3 is 0 Å². The van der Waals surface area contributed by atoms with Crippen LogP contribution in [0.2, 0.25) is 0 Å². The number of rotatable bonds is 1. The summed E-state index contributed by atoms with van der Waals surface area (Å²) < 4.78 is 5.36.